The fourth-order valence-corrected chi connectivity index (χ4v) is 2.96. The van der Waals surface area contributed by atoms with Gasteiger partial charge in [0.1, 0.15) is 11.6 Å². The number of halogens is 2. The van der Waals surface area contributed by atoms with Crippen LogP contribution in [0.1, 0.15) is 0 Å². The number of carbonyl (C=O) groups is 1. The van der Waals surface area contributed by atoms with E-state index in [1.807, 2.05) is 18.2 Å². The lowest BCUT2D eigenvalue weighted by Crippen LogP contribution is -2.32. The predicted octanol–water partition coefficient (Wildman–Crippen LogP) is 3.93. The Labute approximate surface area is 150 Å². The molecule has 3 heterocycles. The minimum Gasteiger partial charge on any atom is -0.336 e. The zero-order chi connectivity index (χ0) is 17.4. The number of pyridine rings is 1. The molecule has 3 aromatic rings. The fourth-order valence-electron chi connectivity index (χ4n) is 2.63. The third kappa shape index (κ3) is 3.12. The molecule has 25 heavy (non-hydrogen) atoms. The van der Waals surface area contributed by atoms with Crippen molar-refractivity contribution in [2.24, 2.45) is 0 Å². The number of aromatic amines is 1. The van der Waals surface area contributed by atoms with Crippen LogP contribution < -0.4 is 5.32 Å². The summed E-state index contributed by atoms with van der Waals surface area (Å²) in [5.41, 5.74) is 1.96. The molecule has 0 atom stereocenters. The van der Waals surface area contributed by atoms with Crippen LogP contribution in [0.25, 0.3) is 22.6 Å². The molecule has 1 aromatic carbocycles. The van der Waals surface area contributed by atoms with E-state index in [4.69, 9.17) is 0 Å². The van der Waals surface area contributed by atoms with Gasteiger partial charge in [-0.15, -0.1) is 0 Å². The molecule has 0 bridgehead atoms. The van der Waals surface area contributed by atoms with Crippen molar-refractivity contribution in [2.75, 3.05) is 18.4 Å². The summed E-state index contributed by atoms with van der Waals surface area (Å²) in [7, 11) is 0. The number of nitrogens with zero attached hydrogens (tertiary/aromatic N) is 3. The van der Waals surface area contributed by atoms with Gasteiger partial charge >= 0.3 is 6.03 Å². The maximum absolute atomic E-state index is 14.3. The largest absolute Gasteiger partial charge is 0.336 e. The highest BCUT2D eigenvalue weighted by atomic mass is 79.9. The third-order valence-electron chi connectivity index (χ3n) is 3.88. The normalized spacial score (nSPS) is 13.6. The first-order chi connectivity index (χ1) is 12.1. The Morgan fingerprint density at radius 2 is 2.08 bits per heavy atom. The molecule has 0 fully saturated rings. The maximum Gasteiger partial charge on any atom is 0.322 e. The number of hydrogen-bond donors (Lipinski definition) is 2. The van der Waals surface area contributed by atoms with Crippen LogP contribution in [0.3, 0.4) is 0 Å². The van der Waals surface area contributed by atoms with Crippen molar-refractivity contribution in [1.29, 1.82) is 0 Å². The topological polar surface area (TPSA) is 73.9 Å². The summed E-state index contributed by atoms with van der Waals surface area (Å²) in [6.45, 7) is 1.15. The molecule has 2 amide bonds. The first-order valence-corrected chi connectivity index (χ1v) is 8.41. The number of urea groups is 1. The average molecular weight is 402 g/mol. The molecule has 0 aliphatic carbocycles. The number of amides is 2. The summed E-state index contributed by atoms with van der Waals surface area (Å²) in [5.74, 6) is -0.0731. The number of aromatic nitrogens is 3. The van der Waals surface area contributed by atoms with E-state index in [2.05, 4.69) is 36.2 Å². The number of carbonyl (C=O) groups excluding carboxylic acids is 1. The molecule has 8 heteroatoms. The Morgan fingerprint density at radius 3 is 2.88 bits per heavy atom. The zero-order valence-corrected chi connectivity index (χ0v) is 14.5. The lowest BCUT2D eigenvalue weighted by Gasteiger charge is -2.16. The van der Waals surface area contributed by atoms with Crippen LogP contribution in [0.4, 0.5) is 14.9 Å². The van der Waals surface area contributed by atoms with Crippen LogP contribution >= 0.6 is 15.9 Å². The number of H-pyrrole nitrogens is 1. The van der Waals surface area contributed by atoms with Gasteiger partial charge in [0.25, 0.3) is 0 Å². The van der Waals surface area contributed by atoms with Crippen LogP contribution in [0.15, 0.2) is 47.1 Å². The first kappa shape index (κ1) is 15.8. The Hall–Kier alpha value is -2.74. The van der Waals surface area contributed by atoms with Gasteiger partial charge in [0.15, 0.2) is 5.65 Å². The monoisotopic (exact) mass is 401 g/mol. The summed E-state index contributed by atoms with van der Waals surface area (Å²) < 4.78 is 15.1. The number of nitrogens with one attached hydrogen (secondary N) is 2. The second-order valence-electron chi connectivity index (χ2n) is 5.61. The first-order valence-electron chi connectivity index (χ1n) is 7.62. The highest BCUT2D eigenvalue weighted by Crippen LogP contribution is 2.26. The molecule has 6 nitrogen and oxygen atoms in total. The molecule has 0 radical (unpaired) electrons. The van der Waals surface area contributed by atoms with E-state index < -0.39 is 5.82 Å². The van der Waals surface area contributed by atoms with Crippen LogP contribution in [-0.2, 0) is 0 Å². The van der Waals surface area contributed by atoms with Crippen molar-refractivity contribution < 1.29 is 9.18 Å². The number of benzene rings is 1. The smallest absolute Gasteiger partial charge is 0.322 e. The predicted molar refractivity (Wildman–Crippen MR) is 96.7 cm³/mol. The van der Waals surface area contributed by atoms with Crippen LogP contribution in [0.2, 0.25) is 0 Å². The molecule has 0 saturated carbocycles. The van der Waals surface area contributed by atoms with Gasteiger partial charge in [-0.3, -0.25) is 0 Å². The Balaban J connectivity index is 1.65. The van der Waals surface area contributed by atoms with Gasteiger partial charge < -0.3 is 15.2 Å². The summed E-state index contributed by atoms with van der Waals surface area (Å²) >= 11 is 3.34. The van der Waals surface area contributed by atoms with Gasteiger partial charge in [-0.05, 0) is 40.2 Å². The van der Waals surface area contributed by atoms with Crippen molar-refractivity contribution in [3.8, 4) is 11.4 Å². The van der Waals surface area contributed by atoms with E-state index in [0.29, 0.717) is 35.8 Å². The van der Waals surface area contributed by atoms with E-state index in [0.717, 1.165) is 4.47 Å². The standard InChI is InChI=1S/C17H13BrFN5O/c18-10-7-14-16(20-9-10)23-15(22-14)12-8-11(3-4-13(12)19)21-17(25)24-5-1-2-6-24/h1-4,7-9H,5-6H2,(H,21,25)(H,20,22,23). The minimum absolute atomic E-state index is 0.224. The Kier molecular flexibility index (Phi) is 3.96. The molecule has 1 aliphatic heterocycles. The van der Waals surface area contributed by atoms with E-state index >= 15 is 0 Å². The van der Waals surface area contributed by atoms with Gasteiger partial charge in [-0.2, -0.15) is 0 Å². The van der Waals surface area contributed by atoms with Crippen LogP contribution in [0, 0.1) is 5.82 Å². The second-order valence-corrected chi connectivity index (χ2v) is 6.53. The number of fused-ring (bicyclic) bond motifs is 1. The summed E-state index contributed by atoms with van der Waals surface area (Å²) in [6.07, 6.45) is 5.48. The maximum atomic E-state index is 14.3. The quantitative estimate of drug-likeness (QED) is 0.638. The number of hydrogen-bond acceptors (Lipinski definition) is 3. The van der Waals surface area contributed by atoms with Gasteiger partial charge in [-0.25, -0.2) is 19.2 Å². The van der Waals surface area contributed by atoms with E-state index in [1.165, 1.54) is 12.1 Å². The number of anilines is 1. The highest BCUT2D eigenvalue weighted by molar-refractivity contribution is 9.10. The molecular weight excluding hydrogens is 389 g/mol. The third-order valence-corrected chi connectivity index (χ3v) is 4.32. The molecule has 1 aliphatic rings. The Bertz CT molecular complexity index is 992. The minimum atomic E-state index is -0.432. The molecular formula is C17H13BrFN5O. The lowest BCUT2D eigenvalue weighted by atomic mass is 10.1. The SMILES string of the molecule is O=C(Nc1ccc(F)c(-c2nc3ncc(Br)cc3[nH]2)c1)N1CC=CC1. The molecule has 126 valence electrons. The lowest BCUT2D eigenvalue weighted by molar-refractivity contribution is 0.224. The number of rotatable bonds is 2. The molecule has 4 rings (SSSR count). The highest BCUT2D eigenvalue weighted by Gasteiger charge is 2.16. The van der Waals surface area contributed by atoms with Crippen molar-refractivity contribution in [1.82, 2.24) is 19.9 Å². The van der Waals surface area contributed by atoms with Crippen molar-refractivity contribution in [3.63, 3.8) is 0 Å². The van der Waals surface area contributed by atoms with Crippen molar-refractivity contribution in [2.45, 2.75) is 0 Å². The second kappa shape index (κ2) is 6.29. The summed E-state index contributed by atoms with van der Waals surface area (Å²) in [6, 6.07) is 5.99. The van der Waals surface area contributed by atoms with E-state index in [1.54, 1.807) is 17.2 Å². The van der Waals surface area contributed by atoms with Gasteiger partial charge in [0.05, 0.1) is 11.1 Å². The van der Waals surface area contributed by atoms with Gasteiger partial charge in [0.2, 0.25) is 0 Å². The summed E-state index contributed by atoms with van der Waals surface area (Å²) in [5, 5.41) is 2.78. The Morgan fingerprint density at radius 1 is 1.28 bits per heavy atom. The van der Waals surface area contributed by atoms with Crippen molar-refractivity contribution >= 4 is 38.8 Å². The van der Waals surface area contributed by atoms with Crippen LogP contribution in [0.5, 0.6) is 0 Å². The number of imidazole rings is 1. The van der Waals surface area contributed by atoms with E-state index in [-0.39, 0.29) is 11.6 Å². The fraction of sp³-hybridized carbons (Fsp3) is 0.118. The average Bonchev–Trinajstić information content (AvgIpc) is 3.25. The van der Waals surface area contributed by atoms with Crippen molar-refractivity contribution in [3.05, 3.63) is 52.9 Å². The zero-order valence-electron chi connectivity index (χ0n) is 13.0. The van der Waals surface area contributed by atoms with Crippen LogP contribution in [-0.4, -0.2) is 39.0 Å². The van der Waals surface area contributed by atoms with Gasteiger partial charge in [0, 0.05) is 29.4 Å². The molecule has 2 aromatic heterocycles. The molecule has 0 unspecified atom stereocenters. The van der Waals surface area contributed by atoms with E-state index in [9.17, 15) is 9.18 Å². The molecule has 2 N–H and O–H groups in total. The van der Waals surface area contributed by atoms with Gasteiger partial charge in [-0.1, -0.05) is 12.2 Å². The molecule has 0 spiro atoms. The molecule has 0 saturated heterocycles. The summed E-state index contributed by atoms with van der Waals surface area (Å²) in [4.78, 5) is 25.4.